The molecule has 0 spiro atoms. The van der Waals surface area contributed by atoms with Gasteiger partial charge in [0.2, 0.25) is 0 Å². The van der Waals surface area contributed by atoms with E-state index in [4.69, 9.17) is 11.6 Å². The van der Waals surface area contributed by atoms with Crippen molar-refractivity contribution >= 4 is 96.5 Å². The van der Waals surface area contributed by atoms with Crippen LogP contribution in [0.15, 0.2) is 48.5 Å². The molecule has 4 nitrogen and oxygen atoms in total. The second kappa shape index (κ2) is 13.0. The molecular weight excluding hydrogens is 457 g/mol. The van der Waals surface area contributed by atoms with Crippen LogP contribution in [0.2, 0.25) is 5.02 Å². The topological polar surface area (TPSA) is 63.2 Å². The molecule has 1 N–H and O–H groups in total. The van der Waals surface area contributed by atoms with Gasteiger partial charge in [-0.15, -0.1) is 0 Å². The number of carbonyl (C=O) groups excluding carboxylic acids is 3. The Hall–Kier alpha value is -0.344. The zero-order valence-electron chi connectivity index (χ0n) is 15.1. The predicted molar refractivity (Wildman–Crippen MR) is 112 cm³/mol. The molecule has 0 unspecified atom stereocenters. The summed E-state index contributed by atoms with van der Waals surface area (Å²) in [4.78, 5) is 33.6. The molecule has 0 saturated heterocycles. The number of unbranched alkanes of at least 4 members (excludes halogenated alkanes) is 2. The van der Waals surface area contributed by atoms with Gasteiger partial charge in [0.1, 0.15) is 0 Å². The van der Waals surface area contributed by atoms with Crippen molar-refractivity contribution in [3.05, 3.63) is 70.2 Å². The predicted octanol–water partition coefficient (Wildman–Crippen LogP) is 4.67. The fourth-order valence-corrected chi connectivity index (χ4v) is 2.98. The molecule has 1 radical (unpaired) electrons. The third kappa shape index (κ3) is 7.89. The van der Waals surface area contributed by atoms with Gasteiger partial charge in [0.15, 0.2) is 5.78 Å². The number of rotatable bonds is 6. The summed E-state index contributed by atoms with van der Waals surface area (Å²) < 4.78 is 0. The van der Waals surface area contributed by atoms with E-state index < -0.39 is 0 Å². The Morgan fingerprint density at radius 2 is 1.44 bits per heavy atom. The number of halogens is 2. The van der Waals surface area contributed by atoms with E-state index in [0.717, 1.165) is 30.2 Å². The van der Waals surface area contributed by atoms with Crippen LogP contribution in [-0.2, 0) is 0 Å². The number of nitrogens with one attached hydrogen (secondary N) is 1. The van der Waals surface area contributed by atoms with Gasteiger partial charge in [-0.1, -0.05) is 46.1 Å². The zero-order chi connectivity index (χ0) is 18.9. The van der Waals surface area contributed by atoms with Gasteiger partial charge in [-0.2, -0.15) is 0 Å². The average molecular weight is 476 g/mol. The monoisotopic (exact) mass is 474 g/mol. The molecule has 7 heteroatoms. The van der Waals surface area contributed by atoms with Crippen LogP contribution >= 0.6 is 27.5 Å². The smallest absolute Gasteiger partial charge is 0.258 e. The maximum Gasteiger partial charge on any atom is 0.258 e. The molecule has 0 aromatic heterocycles. The van der Waals surface area contributed by atoms with Crippen molar-refractivity contribution in [2.75, 3.05) is 5.33 Å². The Labute approximate surface area is 215 Å². The molecule has 2 aromatic rings. The van der Waals surface area contributed by atoms with Crippen LogP contribution in [0.5, 0.6) is 0 Å². The summed E-state index contributed by atoms with van der Waals surface area (Å²) in [7, 11) is 0. The van der Waals surface area contributed by atoms with Gasteiger partial charge < -0.3 is 0 Å². The number of ketones is 1. The second-order valence-corrected chi connectivity index (χ2v) is 6.99. The normalized spacial score (nSPS) is 11.6. The van der Waals surface area contributed by atoms with Gasteiger partial charge >= 0.3 is 0 Å². The fraction of sp³-hybridized carbons (Fsp3) is 0.250. The summed E-state index contributed by atoms with van der Waals surface area (Å²) in [5.74, 6) is -0.391. The molecular formula is C20H19BrClKNO3. The van der Waals surface area contributed by atoms with Crippen LogP contribution < -0.4 is 5.32 Å². The third-order valence-electron chi connectivity index (χ3n) is 3.85. The molecule has 0 aliphatic carbocycles. The van der Waals surface area contributed by atoms with E-state index in [2.05, 4.69) is 21.2 Å². The van der Waals surface area contributed by atoms with Crippen molar-refractivity contribution in [2.45, 2.75) is 25.7 Å². The Morgan fingerprint density at radius 1 is 0.889 bits per heavy atom. The van der Waals surface area contributed by atoms with Gasteiger partial charge in [0, 0.05) is 73.7 Å². The van der Waals surface area contributed by atoms with E-state index in [9.17, 15) is 14.4 Å². The van der Waals surface area contributed by atoms with Crippen molar-refractivity contribution in [1.29, 1.82) is 0 Å². The summed E-state index contributed by atoms with van der Waals surface area (Å²) >= 11 is 9.12. The Morgan fingerprint density at radius 3 is 1.96 bits per heavy atom. The molecule has 0 saturated carbocycles. The molecule has 27 heavy (non-hydrogen) atoms. The minimum absolute atomic E-state index is 0. The average Bonchev–Trinajstić information content (AvgIpc) is 2.94. The van der Waals surface area contributed by atoms with E-state index in [1.807, 2.05) is 0 Å². The van der Waals surface area contributed by atoms with Gasteiger partial charge in [0.05, 0.1) is 11.1 Å². The molecule has 0 bridgehead atoms. The fourth-order valence-electron chi connectivity index (χ4n) is 2.45. The Balaban J connectivity index is 0.000000270. The maximum atomic E-state index is 11.7. The van der Waals surface area contributed by atoms with Crippen molar-refractivity contribution < 1.29 is 14.4 Å². The Kier molecular flexibility index (Phi) is 11.9. The van der Waals surface area contributed by atoms with Crippen molar-refractivity contribution in [1.82, 2.24) is 5.32 Å². The molecule has 1 aliphatic heterocycles. The molecule has 0 fully saturated rings. The SMILES string of the molecule is O=C(CCCCCBr)c1ccc(Cl)cc1.O=C1NC(=O)c2ccccc21.[K]. The van der Waals surface area contributed by atoms with Gasteiger partial charge in [-0.25, -0.2) is 0 Å². The molecule has 1 heterocycles. The number of hydrogen-bond donors (Lipinski definition) is 1. The third-order valence-corrected chi connectivity index (χ3v) is 4.66. The molecule has 2 amide bonds. The number of Topliss-reactive ketones (excluding diaryl/α,β-unsaturated/α-hetero) is 1. The maximum absolute atomic E-state index is 11.7. The number of amides is 2. The van der Waals surface area contributed by atoms with Crippen LogP contribution in [0.3, 0.4) is 0 Å². The number of imide groups is 1. The van der Waals surface area contributed by atoms with E-state index in [1.165, 1.54) is 0 Å². The summed E-state index contributed by atoms with van der Waals surface area (Å²) in [6, 6.07) is 13.8. The van der Waals surface area contributed by atoms with Gasteiger partial charge in [0.25, 0.3) is 11.8 Å². The van der Waals surface area contributed by atoms with Crippen LogP contribution in [0.1, 0.15) is 56.8 Å². The van der Waals surface area contributed by atoms with Crippen molar-refractivity contribution in [3.63, 3.8) is 0 Å². The number of hydrogen-bond acceptors (Lipinski definition) is 3. The largest absolute Gasteiger partial charge is 0.294 e. The molecule has 3 rings (SSSR count). The van der Waals surface area contributed by atoms with E-state index in [-0.39, 0.29) is 69.0 Å². The first-order valence-electron chi connectivity index (χ1n) is 8.32. The first-order chi connectivity index (χ1) is 12.5. The quantitative estimate of drug-likeness (QED) is 0.217. The first-order valence-corrected chi connectivity index (χ1v) is 9.82. The molecule has 2 aromatic carbocycles. The summed E-state index contributed by atoms with van der Waals surface area (Å²) in [5.41, 5.74) is 1.70. The standard InChI is InChI=1S/C12H14BrClO.C8H5NO2.K/c13-9-3-1-2-4-12(15)10-5-7-11(14)8-6-10;10-7-5-3-1-2-4-6(5)8(11)9-7;/h5-8H,1-4,9H2;1-4H,(H,9,10,11);. The number of benzene rings is 2. The number of carbonyl (C=O) groups is 3. The minimum Gasteiger partial charge on any atom is -0.294 e. The van der Waals surface area contributed by atoms with Crippen LogP contribution in [0.4, 0.5) is 0 Å². The van der Waals surface area contributed by atoms with Crippen molar-refractivity contribution in [2.24, 2.45) is 0 Å². The summed E-state index contributed by atoms with van der Waals surface area (Å²) in [6.07, 6.45) is 3.83. The van der Waals surface area contributed by atoms with Gasteiger partial charge in [-0.3, -0.25) is 19.7 Å². The van der Waals surface area contributed by atoms with E-state index >= 15 is 0 Å². The molecule has 137 valence electrons. The Bertz CT molecular complexity index is 763. The van der Waals surface area contributed by atoms with Crippen LogP contribution in [0.25, 0.3) is 0 Å². The number of fused-ring (bicyclic) bond motifs is 1. The molecule has 0 atom stereocenters. The second-order valence-electron chi connectivity index (χ2n) is 5.76. The summed E-state index contributed by atoms with van der Waals surface area (Å²) in [6.45, 7) is 0. The zero-order valence-corrected chi connectivity index (χ0v) is 20.6. The van der Waals surface area contributed by atoms with Crippen LogP contribution in [0, 0.1) is 0 Å². The first kappa shape index (κ1) is 24.7. The summed E-state index contributed by atoms with van der Waals surface area (Å²) in [5, 5.41) is 3.89. The van der Waals surface area contributed by atoms with E-state index in [1.54, 1.807) is 48.5 Å². The van der Waals surface area contributed by atoms with Gasteiger partial charge in [-0.05, 0) is 49.2 Å². The van der Waals surface area contributed by atoms with Crippen LogP contribution in [-0.4, -0.2) is 74.3 Å². The van der Waals surface area contributed by atoms with Crippen molar-refractivity contribution in [3.8, 4) is 0 Å². The van der Waals surface area contributed by atoms with E-state index in [0.29, 0.717) is 22.6 Å². The molecule has 1 aliphatic rings. The minimum atomic E-state index is -0.300. The number of alkyl halides is 1.